The molecular weight excluding hydrogens is 363 g/mol. The van der Waals surface area contributed by atoms with E-state index < -0.39 is 15.8 Å². The predicted octanol–water partition coefficient (Wildman–Crippen LogP) is 2.36. The van der Waals surface area contributed by atoms with Crippen molar-refractivity contribution in [3.63, 3.8) is 0 Å². The number of halogens is 2. The van der Waals surface area contributed by atoms with E-state index in [-0.39, 0.29) is 21.2 Å². The molecule has 0 saturated carbocycles. The van der Waals surface area contributed by atoms with Crippen molar-refractivity contribution < 1.29 is 17.5 Å². The fourth-order valence-corrected chi connectivity index (χ4v) is 4.47. The SMILES string of the molecule is CCOC1CCN(S(=O)(=O)c2cc(Br)c(F)cc2N)CC1. The monoisotopic (exact) mass is 380 g/mol. The zero-order valence-electron chi connectivity index (χ0n) is 11.7. The fourth-order valence-electron chi connectivity index (χ4n) is 2.38. The van der Waals surface area contributed by atoms with Crippen LogP contribution in [0.25, 0.3) is 0 Å². The van der Waals surface area contributed by atoms with Crippen molar-refractivity contribution in [2.45, 2.75) is 30.8 Å². The quantitative estimate of drug-likeness (QED) is 0.813. The van der Waals surface area contributed by atoms with Gasteiger partial charge in [-0.1, -0.05) is 0 Å². The molecular formula is C13H18BrFN2O3S. The van der Waals surface area contributed by atoms with E-state index in [1.54, 1.807) is 0 Å². The van der Waals surface area contributed by atoms with E-state index >= 15 is 0 Å². The molecule has 1 aliphatic heterocycles. The van der Waals surface area contributed by atoms with Crippen molar-refractivity contribution in [2.75, 3.05) is 25.4 Å². The molecule has 0 atom stereocenters. The summed E-state index contributed by atoms with van der Waals surface area (Å²) in [6, 6.07) is 2.23. The van der Waals surface area contributed by atoms with Crippen LogP contribution in [0.2, 0.25) is 0 Å². The summed E-state index contributed by atoms with van der Waals surface area (Å²) in [6.45, 7) is 3.29. The molecule has 21 heavy (non-hydrogen) atoms. The van der Waals surface area contributed by atoms with Crippen LogP contribution < -0.4 is 5.73 Å². The molecule has 0 radical (unpaired) electrons. The lowest BCUT2D eigenvalue weighted by Gasteiger charge is -2.31. The Hall–Kier alpha value is -0.700. The van der Waals surface area contributed by atoms with E-state index in [0.717, 1.165) is 6.07 Å². The van der Waals surface area contributed by atoms with Gasteiger partial charge in [0, 0.05) is 19.7 Å². The Kier molecular flexibility index (Phi) is 5.24. The summed E-state index contributed by atoms with van der Waals surface area (Å²) in [4.78, 5) is -0.0642. The lowest BCUT2D eigenvalue weighted by Crippen LogP contribution is -2.41. The molecule has 2 rings (SSSR count). The Labute approximate surface area is 132 Å². The van der Waals surface area contributed by atoms with Crippen molar-refractivity contribution in [2.24, 2.45) is 0 Å². The molecule has 2 N–H and O–H groups in total. The van der Waals surface area contributed by atoms with Crippen LogP contribution in [-0.4, -0.2) is 38.5 Å². The molecule has 1 saturated heterocycles. The van der Waals surface area contributed by atoms with Crippen LogP contribution >= 0.6 is 15.9 Å². The first-order chi connectivity index (χ1) is 9.86. The van der Waals surface area contributed by atoms with Gasteiger partial charge in [-0.3, -0.25) is 0 Å². The number of piperidine rings is 1. The van der Waals surface area contributed by atoms with Crippen molar-refractivity contribution in [1.82, 2.24) is 4.31 Å². The lowest BCUT2D eigenvalue weighted by atomic mass is 10.1. The van der Waals surface area contributed by atoms with Gasteiger partial charge in [-0.2, -0.15) is 4.31 Å². The number of nitrogens with two attached hydrogens (primary N) is 1. The van der Waals surface area contributed by atoms with Gasteiger partial charge in [0.05, 0.1) is 16.3 Å². The molecule has 0 bridgehead atoms. The van der Waals surface area contributed by atoms with Crippen LogP contribution in [0.1, 0.15) is 19.8 Å². The van der Waals surface area contributed by atoms with Gasteiger partial charge in [-0.15, -0.1) is 0 Å². The van der Waals surface area contributed by atoms with Crippen molar-refractivity contribution in [1.29, 1.82) is 0 Å². The standard InChI is InChI=1S/C13H18BrFN2O3S/c1-2-20-9-3-5-17(6-4-9)21(18,19)13-7-10(14)11(15)8-12(13)16/h7-9H,2-6,16H2,1H3. The van der Waals surface area contributed by atoms with Crippen LogP contribution in [0.5, 0.6) is 0 Å². The molecule has 1 heterocycles. The Morgan fingerprint density at radius 3 is 2.62 bits per heavy atom. The molecule has 0 spiro atoms. The third kappa shape index (κ3) is 3.56. The molecule has 5 nitrogen and oxygen atoms in total. The summed E-state index contributed by atoms with van der Waals surface area (Å²) in [7, 11) is -3.71. The summed E-state index contributed by atoms with van der Waals surface area (Å²) >= 11 is 2.99. The summed E-state index contributed by atoms with van der Waals surface area (Å²) in [5, 5.41) is 0. The van der Waals surface area contributed by atoms with Gasteiger partial charge in [0.25, 0.3) is 0 Å². The number of nitrogen functional groups attached to an aromatic ring is 1. The number of benzene rings is 1. The number of nitrogens with zero attached hydrogens (tertiary/aromatic N) is 1. The number of hydrogen-bond acceptors (Lipinski definition) is 4. The van der Waals surface area contributed by atoms with Crippen LogP contribution in [0, 0.1) is 5.82 Å². The van der Waals surface area contributed by atoms with Gasteiger partial charge in [0.1, 0.15) is 10.7 Å². The topological polar surface area (TPSA) is 72.6 Å². The van der Waals surface area contributed by atoms with Crippen molar-refractivity contribution in [3.05, 3.63) is 22.4 Å². The maximum atomic E-state index is 13.4. The first kappa shape index (κ1) is 16.7. The third-order valence-electron chi connectivity index (χ3n) is 3.47. The van der Waals surface area contributed by atoms with E-state index in [1.807, 2.05) is 6.92 Å². The fraction of sp³-hybridized carbons (Fsp3) is 0.538. The average molecular weight is 381 g/mol. The molecule has 118 valence electrons. The van der Waals surface area contributed by atoms with Crippen LogP contribution in [0.4, 0.5) is 10.1 Å². The smallest absolute Gasteiger partial charge is 0.245 e. The average Bonchev–Trinajstić information content (AvgIpc) is 2.43. The highest BCUT2D eigenvalue weighted by Gasteiger charge is 2.31. The number of ether oxygens (including phenoxy) is 1. The van der Waals surface area contributed by atoms with E-state index in [1.165, 1.54) is 10.4 Å². The van der Waals surface area contributed by atoms with Crippen LogP contribution in [0.15, 0.2) is 21.5 Å². The van der Waals surface area contributed by atoms with Crippen LogP contribution in [-0.2, 0) is 14.8 Å². The molecule has 1 aromatic carbocycles. The first-order valence-corrected chi connectivity index (χ1v) is 8.95. The molecule has 0 amide bonds. The molecule has 0 aliphatic carbocycles. The Balaban J connectivity index is 2.22. The first-order valence-electron chi connectivity index (χ1n) is 6.72. The zero-order valence-corrected chi connectivity index (χ0v) is 14.1. The molecule has 8 heteroatoms. The molecule has 1 aliphatic rings. The van der Waals surface area contributed by atoms with Gasteiger partial charge >= 0.3 is 0 Å². The minimum Gasteiger partial charge on any atom is -0.398 e. The highest BCUT2D eigenvalue weighted by atomic mass is 79.9. The van der Waals surface area contributed by atoms with Gasteiger partial charge in [-0.05, 0) is 47.8 Å². The maximum absolute atomic E-state index is 13.4. The highest BCUT2D eigenvalue weighted by Crippen LogP contribution is 2.30. The summed E-state index contributed by atoms with van der Waals surface area (Å²) in [6.07, 6.45) is 1.39. The Morgan fingerprint density at radius 2 is 2.05 bits per heavy atom. The lowest BCUT2D eigenvalue weighted by molar-refractivity contribution is 0.0290. The number of rotatable bonds is 4. The predicted molar refractivity (Wildman–Crippen MR) is 81.9 cm³/mol. The minimum absolute atomic E-state index is 0.0642. The second-order valence-corrected chi connectivity index (χ2v) is 7.62. The Morgan fingerprint density at radius 1 is 1.43 bits per heavy atom. The van der Waals surface area contributed by atoms with Crippen molar-refractivity contribution in [3.8, 4) is 0 Å². The van der Waals surface area contributed by atoms with Crippen molar-refractivity contribution >= 4 is 31.6 Å². The van der Waals surface area contributed by atoms with E-state index in [0.29, 0.717) is 32.5 Å². The third-order valence-corrected chi connectivity index (χ3v) is 6.04. The maximum Gasteiger partial charge on any atom is 0.245 e. The van der Waals surface area contributed by atoms with Gasteiger partial charge in [0.2, 0.25) is 10.0 Å². The second kappa shape index (κ2) is 6.60. The van der Waals surface area contributed by atoms with Gasteiger partial charge in [0.15, 0.2) is 0 Å². The number of sulfonamides is 1. The zero-order chi connectivity index (χ0) is 15.6. The summed E-state index contributed by atoms with van der Waals surface area (Å²) in [5.41, 5.74) is 5.59. The van der Waals surface area contributed by atoms with Crippen LogP contribution in [0.3, 0.4) is 0 Å². The van der Waals surface area contributed by atoms with Gasteiger partial charge in [-0.25, -0.2) is 12.8 Å². The number of anilines is 1. The summed E-state index contributed by atoms with van der Waals surface area (Å²) < 4.78 is 45.5. The molecule has 0 aromatic heterocycles. The van der Waals surface area contributed by atoms with E-state index in [9.17, 15) is 12.8 Å². The van der Waals surface area contributed by atoms with Gasteiger partial charge < -0.3 is 10.5 Å². The largest absolute Gasteiger partial charge is 0.398 e. The molecule has 0 unspecified atom stereocenters. The molecule has 1 aromatic rings. The minimum atomic E-state index is -3.71. The van der Waals surface area contributed by atoms with E-state index in [4.69, 9.17) is 10.5 Å². The second-order valence-electron chi connectivity index (χ2n) is 4.86. The number of hydrogen-bond donors (Lipinski definition) is 1. The van der Waals surface area contributed by atoms with E-state index in [2.05, 4.69) is 15.9 Å². The highest BCUT2D eigenvalue weighted by molar-refractivity contribution is 9.10. The summed E-state index contributed by atoms with van der Waals surface area (Å²) in [5.74, 6) is -0.582. The normalized spacial score (nSPS) is 18.0. The Bertz CT molecular complexity index is 616. The molecule has 1 fully saturated rings.